The molecule has 0 bridgehead atoms. The van der Waals surface area contributed by atoms with Gasteiger partial charge in [0.25, 0.3) is 0 Å². The van der Waals surface area contributed by atoms with Crippen molar-refractivity contribution in [3.8, 4) is 0 Å². The third kappa shape index (κ3) is 2.75. The standard InChI is InChI=1S/C11H12FNO5S/c1-11(5-18-6-11)13-19(16,17)7-2-3-9(12)8(4-7)10(14)15/h2-4,13H,5-6H2,1H3,(H,14,15). The van der Waals surface area contributed by atoms with Crippen molar-refractivity contribution in [2.45, 2.75) is 17.4 Å². The van der Waals surface area contributed by atoms with E-state index in [0.717, 1.165) is 18.2 Å². The Hall–Kier alpha value is -1.51. The fraction of sp³-hybridized carbons (Fsp3) is 0.364. The van der Waals surface area contributed by atoms with Gasteiger partial charge in [0.05, 0.1) is 29.2 Å². The van der Waals surface area contributed by atoms with Gasteiger partial charge < -0.3 is 9.84 Å². The van der Waals surface area contributed by atoms with E-state index in [0.29, 0.717) is 0 Å². The summed E-state index contributed by atoms with van der Waals surface area (Å²) in [6.45, 7) is 2.13. The molecule has 1 saturated heterocycles. The highest BCUT2D eigenvalue weighted by atomic mass is 32.2. The molecule has 1 aromatic carbocycles. The SMILES string of the molecule is CC1(NS(=O)(=O)c2ccc(F)c(C(=O)O)c2)COC1. The maximum atomic E-state index is 13.2. The lowest BCUT2D eigenvalue weighted by atomic mass is 10.0. The van der Waals surface area contributed by atoms with Gasteiger partial charge >= 0.3 is 5.97 Å². The van der Waals surface area contributed by atoms with Crippen LogP contribution in [0.2, 0.25) is 0 Å². The van der Waals surface area contributed by atoms with Crippen LogP contribution in [0.15, 0.2) is 23.1 Å². The lowest BCUT2D eigenvalue weighted by Crippen LogP contribution is -2.59. The van der Waals surface area contributed by atoms with Gasteiger partial charge in [0.2, 0.25) is 10.0 Å². The molecule has 0 unspecified atom stereocenters. The van der Waals surface area contributed by atoms with Gasteiger partial charge in [-0.1, -0.05) is 0 Å². The van der Waals surface area contributed by atoms with Gasteiger partial charge in [-0.3, -0.25) is 0 Å². The molecule has 0 atom stereocenters. The summed E-state index contributed by atoms with van der Waals surface area (Å²) in [7, 11) is -3.91. The normalized spacial score (nSPS) is 17.8. The van der Waals surface area contributed by atoms with E-state index in [1.807, 2.05) is 0 Å². The van der Waals surface area contributed by atoms with Crippen molar-refractivity contribution in [2.75, 3.05) is 13.2 Å². The van der Waals surface area contributed by atoms with Gasteiger partial charge in [-0.05, 0) is 25.1 Å². The Balaban J connectivity index is 2.35. The van der Waals surface area contributed by atoms with E-state index in [1.165, 1.54) is 0 Å². The van der Waals surface area contributed by atoms with Crippen LogP contribution in [-0.4, -0.2) is 38.2 Å². The van der Waals surface area contributed by atoms with Gasteiger partial charge in [-0.25, -0.2) is 22.3 Å². The van der Waals surface area contributed by atoms with Gasteiger partial charge in [-0.15, -0.1) is 0 Å². The molecular formula is C11H12FNO5S. The molecular weight excluding hydrogens is 277 g/mol. The zero-order valence-corrected chi connectivity index (χ0v) is 10.8. The second-order valence-corrected chi connectivity index (χ2v) is 6.29. The van der Waals surface area contributed by atoms with Crippen molar-refractivity contribution in [2.24, 2.45) is 0 Å². The van der Waals surface area contributed by atoms with E-state index in [1.54, 1.807) is 6.92 Å². The largest absolute Gasteiger partial charge is 0.478 e. The molecule has 1 heterocycles. The summed E-state index contributed by atoms with van der Waals surface area (Å²) in [4.78, 5) is 10.5. The van der Waals surface area contributed by atoms with Crippen LogP contribution < -0.4 is 4.72 Å². The van der Waals surface area contributed by atoms with Crippen molar-refractivity contribution in [1.82, 2.24) is 4.72 Å². The van der Waals surface area contributed by atoms with Crippen LogP contribution in [0.1, 0.15) is 17.3 Å². The zero-order chi connectivity index (χ0) is 14.3. The molecule has 0 radical (unpaired) electrons. The minimum absolute atomic E-state index is 0.235. The highest BCUT2D eigenvalue weighted by Crippen LogP contribution is 2.21. The number of carboxylic acids is 1. The molecule has 2 rings (SSSR count). The summed E-state index contributed by atoms with van der Waals surface area (Å²) in [5.74, 6) is -2.50. The van der Waals surface area contributed by atoms with Crippen LogP contribution >= 0.6 is 0 Å². The minimum atomic E-state index is -3.91. The van der Waals surface area contributed by atoms with Crippen LogP contribution in [-0.2, 0) is 14.8 Å². The first-order valence-corrected chi connectivity index (χ1v) is 6.86. The highest BCUT2D eigenvalue weighted by Gasteiger charge is 2.38. The predicted octanol–water partition coefficient (Wildman–Crippen LogP) is 0.591. The Morgan fingerprint density at radius 2 is 2.11 bits per heavy atom. The Morgan fingerprint density at radius 3 is 2.58 bits per heavy atom. The highest BCUT2D eigenvalue weighted by molar-refractivity contribution is 7.89. The van der Waals surface area contributed by atoms with E-state index >= 15 is 0 Å². The lowest BCUT2D eigenvalue weighted by molar-refractivity contribution is -0.0523. The molecule has 0 saturated carbocycles. The average Bonchev–Trinajstić information content (AvgIpc) is 2.26. The number of benzene rings is 1. The third-order valence-corrected chi connectivity index (χ3v) is 4.34. The smallest absolute Gasteiger partial charge is 0.338 e. The summed E-state index contributed by atoms with van der Waals surface area (Å²) in [5, 5.41) is 8.77. The molecule has 8 heteroatoms. The maximum Gasteiger partial charge on any atom is 0.338 e. The Morgan fingerprint density at radius 1 is 1.47 bits per heavy atom. The van der Waals surface area contributed by atoms with Crippen LogP contribution in [0.5, 0.6) is 0 Å². The van der Waals surface area contributed by atoms with E-state index in [-0.39, 0.29) is 18.1 Å². The summed E-state index contributed by atoms with van der Waals surface area (Å²) in [5.41, 5.74) is -1.39. The number of hydrogen-bond acceptors (Lipinski definition) is 4. The number of nitrogens with one attached hydrogen (secondary N) is 1. The molecule has 0 spiro atoms. The van der Waals surface area contributed by atoms with Crippen LogP contribution in [0.25, 0.3) is 0 Å². The Bertz CT molecular complexity index is 624. The van der Waals surface area contributed by atoms with Crippen molar-refractivity contribution < 1.29 is 27.4 Å². The number of aromatic carboxylic acids is 1. The molecule has 2 N–H and O–H groups in total. The van der Waals surface area contributed by atoms with E-state index in [2.05, 4.69) is 4.72 Å². The first-order chi connectivity index (χ1) is 8.73. The molecule has 0 amide bonds. The molecule has 1 aromatic rings. The summed E-state index contributed by atoms with van der Waals surface area (Å²) >= 11 is 0. The summed E-state index contributed by atoms with van der Waals surface area (Å²) in [6, 6.07) is 2.63. The van der Waals surface area contributed by atoms with Crippen LogP contribution in [0.4, 0.5) is 4.39 Å². The molecule has 1 aliphatic rings. The molecule has 19 heavy (non-hydrogen) atoms. The van der Waals surface area contributed by atoms with Crippen molar-refractivity contribution >= 4 is 16.0 Å². The number of rotatable bonds is 4. The third-order valence-electron chi connectivity index (χ3n) is 2.70. The monoisotopic (exact) mass is 289 g/mol. The number of hydrogen-bond donors (Lipinski definition) is 2. The number of ether oxygens (including phenoxy) is 1. The first kappa shape index (κ1) is 13.9. The zero-order valence-electron chi connectivity index (χ0n) is 10.0. The van der Waals surface area contributed by atoms with Gasteiger partial charge in [0.15, 0.2) is 0 Å². The fourth-order valence-electron chi connectivity index (χ4n) is 1.69. The topological polar surface area (TPSA) is 92.7 Å². The number of halogens is 1. The average molecular weight is 289 g/mol. The van der Waals surface area contributed by atoms with Crippen molar-refractivity contribution in [3.05, 3.63) is 29.6 Å². The molecule has 1 aliphatic heterocycles. The van der Waals surface area contributed by atoms with Gasteiger partial charge in [0, 0.05) is 0 Å². The molecule has 6 nitrogen and oxygen atoms in total. The minimum Gasteiger partial charge on any atom is -0.478 e. The van der Waals surface area contributed by atoms with E-state index < -0.39 is 32.9 Å². The van der Waals surface area contributed by atoms with Crippen molar-refractivity contribution in [1.29, 1.82) is 0 Å². The maximum absolute atomic E-state index is 13.2. The summed E-state index contributed by atoms with van der Waals surface area (Å²) in [6.07, 6.45) is 0. The fourth-order valence-corrected chi connectivity index (χ4v) is 3.09. The Labute approximate surface area is 109 Å². The lowest BCUT2D eigenvalue weighted by Gasteiger charge is -2.38. The van der Waals surface area contributed by atoms with E-state index in [9.17, 15) is 17.6 Å². The quantitative estimate of drug-likeness (QED) is 0.846. The van der Waals surface area contributed by atoms with Crippen LogP contribution in [0, 0.1) is 5.82 Å². The predicted molar refractivity (Wildman–Crippen MR) is 62.9 cm³/mol. The molecule has 1 fully saturated rings. The number of sulfonamides is 1. The Kier molecular flexibility index (Phi) is 3.33. The number of carboxylic acid groups (broad SMARTS) is 1. The summed E-state index contributed by atoms with van der Waals surface area (Å²) < 4.78 is 44.6. The first-order valence-electron chi connectivity index (χ1n) is 5.38. The second kappa shape index (κ2) is 4.55. The van der Waals surface area contributed by atoms with E-state index in [4.69, 9.17) is 9.84 Å². The number of carbonyl (C=O) groups is 1. The molecule has 0 aliphatic carbocycles. The van der Waals surface area contributed by atoms with Crippen LogP contribution in [0.3, 0.4) is 0 Å². The van der Waals surface area contributed by atoms with Gasteiger partial charge in [-0.2, -0.15) is 0 Å². The molecule has 0 aromatic heterocycles. The molecule has 104 valence electrons. The second-order valence-electron chi connectivity index (χ2n) is 4.61. The van der Waals surface area contributed by atoms with Crippen molar-refractivity contribution in [3.63, 3.8) is 0 Å². The van der Waals surface area contributed by atoms with Gasteiger partial charge in [0.1, 0.15) is 5.82 Å².